The van der Waals surface area contributed by atoms with Crippen molar-refractivity contribution < 1.29 is 4.79 Å². The molecule has 264 valence electrons. The van der Waals surface area contributed by atoms with E-state index in [9.17, 15) is 4.79 Å². The highest BCUT2D eigenvalue weighted by Crippen LogP contribution is 2.31. The van der Waals surface area contributed by atoms with Gasteiger partial charge in [-0.2, -0.15) is 0 Å². The predicted octanol–water partition coefficient (Wildman–Crippen LogP) is 10.2. The summed E-state index contributed by atoms with van der Waals surface area (Å²) >= 11 is 0. The first-order valence-electron chi connectivity index (χ1n) is 17.3. The molecule has 0 radical (unpaired) electrons. The third kappa shape index (κ3) is 9.34. The zero-order valence-electron chi connectivity index (χ0n) is 30.6. The molecule has 4 aromatic carbocycles. The van der Waals surface area contributed by atoms with Crippen LogP contribution in [0.15, 0.2) is 123 Å². The number of nitrogens with zero attached hydrogens (tertiary/aromatic N) is 4. The zero-order valence-corrected chi connectivity index (χ0v) is 30.6. The summed E-state index contributed by atoms with van der Waals surface area (Å²) in [4.78, 5) is 30.6. The largest absolute Gasteiger partial charge is 0.382 e. The molecule has 3 N–H and O–H groups in total. The number of hydrogen-bond acceptors (Lipinski definition) is 6. The minimum Gasteiger partial charge on any atom is -0.382 e. The van der Waals surface area contributed by atoms with E-state index in [1.807, 2.05) is 85.8 Å². The molecule has 0 spiro atoms. The van der Waals surface area contributed by atoms with E-state index in [0.29, 0.717) is 41.6 Å². The van der Waals surface area contributed by atoms with E-state index < -0.39 is 0 Å². The number of rotatable bonds is 11. The smallest absolute Gasteiger partial charge is 0.222 e. The number of aryl methyl sites for hydroxylation is 2. The van der Waals surface area contributed by atoms with E-state index in [-0.39, 0.29) is 5.91 Å². The van der Waals surface area contributed by atoms with E-state index in [1.165, 1.54) is 12.5 Å². The fourth-order valence-corrected chi connectivity index (χ4v) is 5.89. The maximum atomic E-state index is 11.7. The summed E-state index contributed by atoms with van der Waals surface area (Å²) in [6, 6.07) is 32.4. The van der Waals surface area contributed by atoms with E-state index in [2.05, 4.69) is 78.9 Å². The normalized spacial score (nSPS) is 10.4. The molecule has 0 unspecified atom stereocenters. The minimum absolute atomic E-state index is 0.187. The predicted molar refractivity (Wildman–Crippen MR) is 222 cm³/mol. The molecule has 53 heavy (non-hydrogen) atoms. The Labute approximate surface area is 312 Å². The number of carbonyl (C=O) groups is 1. The van der Waals surface area contributed by atoms with Crippen LogP contribution in [-0.2, 0) is 17.6 Å². The second-order valence-electron chi connectivity index (χ2n) is 12.5. The van der Waals surface area contributed by atoms with Crippen LogP contribution < -0.4 is 11.1 Å². The lowest BCUT2D eigenvalue weighted by molar-refractivity contribution is -0.114. The second-order valence-corrected chi connectivity index (χ2v) is 12.5. The Hall–Kier alpha value is -6.73. The number of nitrogens with two attached hydrogens (primary N) is 1. The average molecular weight is 697 g/mol. The highest BCUT2D eigenvalue weighted by Gasteiger charge is 2.18. The topological polar surface area (TPSA) is 107 Å². The Balaban J connectivity index is 0.000000206. The van der Waals surface area contributed by atoms with Crippen LogP contribution in [0.4, 0.5) is 11.6 Å². The molecule has 0 aliphatic heterocycles. The van der Waals surface area contributed by atoms with Crippen molar-refractivity contribution >= 4 is 41.8 Å². The second kappa shape index (κ2) is 17.5. The van der Waals surface area contributed by atoms with Gasteiger partial charge in [0.15, 0.2) is 5.82 Å². The van der Waals surface area contributed by atoms with Crippen molar-refractivity contribution in [3.63, 3.8) is 0 Å². The molecule has 2 aromatic heterocycles. The standard InChI is InChI=1S/C24H23N3O.C22H21N3/c1-5-19-14-16(3)12-13-20(19)23-21(6-2)27-24(25-17(4)28)22(26-23)15-18-10-8-7-9-11-18;1-4-17-13-15(3)11-12-18(17)21-19(5-2)25-22(23)20(24-21)14-16-9-7-6-8-10-16/h5-14H,1-2,15H2,3-4H3,(H,25,27,28);4-13H,1-2,14H2,3H3,(H2,23,25). The summed E-state index contributed by atoms with van der Waals surface area (Å²) in [7, 11) is 0. The molecular weight excluding hydrogens is 653 g/mol. The van der Waals surface area contributed by atoms with Gasteiger partial charge in [-0.3, -0.25) is 4.79 Å². The van der Waals surface area contributed by atoms with Crippen molar-refractivity contribution in [3.05, 3.63) is 180 Å². The number of nitrogens with one attached hydrogen (secondary N) is 1. The van der Waals surface area contributed by atoms with Crippen LogP contribution in [0.25, 0.3) is 46.8 Å². The molecule has 1 amide bonds. The Morgan fingerprint density at radius 2 is 1.08 bits per heavy atom. The van der Waals surface area contributed by atoms with Gasteiger partial charge in [-0.15, -0.1) is 0 Å². The van der Waals surface area contributed by atoms with Crippen molar-refractivity contribution in [1.82, 2.24) is 19.9 Å². The fraction of sp³-hybridized carbons (Fsp3) is 0.109. The van der Waals surface area contributed by atoms with Crippen LogP contribution in [0.3, 0.4) is 0 Å². The first kappa shape index (κ1) is 37.5. The maximum absolute atomic E-state index is 11.7. The Morgan fingerprint density at radius 1 is 0.623 bits per heavy atom. The number of anilines is 2. The lowest BCUT2D eigenvalue weighted by Gasteiger charge is -2.15. The van der Waals surface area contributed by atoms with E-state index in [0.717, 1.165) is 56.0 Å². The molecule has 2 heterocycles. The van der Waals surface area contributed by atoms with Crippen LogP contribution in [0.1, 0.15) is 63.1 Å². The number of aromatic nitrogens is 4. The molecule has 0 fully saturated rings. The van der Waals surface area contributed by atoms with Gasteiger partial charge in [0, 0.05) is 30.9 Å². The number of nitrogen functional groups attached to an aromatic ring is 1. The van der Waals surface area contributed by atoms with E-state index >= 15 is 0 Å². The Kier molecular flexibility index (Phi) is 12.4. The molecule has 0 bridgehead atoms. The fourth-order valence-electron chi connectivity index (χ4n) is 5.89. The number of hydrogen-bond donors (Lipinski definition) is 2. The molecule has 6 aromatic rings. The van der Waals surface area contributed by atoms with E-state index in [4.69, 9.17) is 15.7 Å². The maximum Gasteiger partial charge on any atom is 0.222 e. The third-order valence-corrected chi connectivity index (χ3v) is 8.50. The van der Waals surface area contributed by atoms with Crippen LogP contribution in [0, 0.1) is 13.8 Å². The molecule has 0 atom stereocenters. The first-order chi connectivity index (χ1) is 25.6. The van der Waals surface area contributed by atoms with Crippen molar-refractivity contribution in [1.29, 1.82) is 0 Å². The Morgan fingerprint density at radius 3 is 1.53 bits per heavy atom. The van der Waals surface area contributed by atoms with Crippen LogP contribution in [0.2, 0.25) is 0 Å². The van der Waals surface area contributed by atoms with Gasteiger partial charge in [-0.1, -0.05) is 147 Å². The lowest BCUT2D eigenvalue weighted by atomic mass is 9.99. The molecule has 0 aliphatic carbocycles. The van der Waals surface area contributed by atoms with Gasteiger partial charge in [0.25, 0.3) is 0 Å². The SMILES string of the molecule is C=Cc1cc(C)ccc1-c1nc(Cc2ccccc2)c(N)nc1C=C.C=Cc1cc(C)ccc1-c1nc(Cc2ccccc2)c(NC(C)=O)nc1C=C. The van der Waals surface area contributed by atoms with Gasteiger partial charge in [0.2, 0.25) is 5.91 Å². The number of benzene rings is 4. The van der Waals surface area contributed by atoms with Crippen LogP contribution in [-0.4, -0.2) is 25.8 Å². The summed E-state index contributed by atoms with van der Waals surface area (Å²) in [6.07, 6.45) is 8.20. The van der Waals surface area contributed by atoms with Crippen LogP contribution >= 0.6 is 0 Å². The number of amides is 1. The zero-order chi connectivity index (χ0) is 37.9. The quantitative estimate of drug-likeness (QED) is 0.140. The van der Waals surface area contributed by atoms with Gasteiger partial charge in [0.1, 0.15) is 5.82 Å². The summed E-state index contributed by atoms with van der Waals surface area (Å²) in [5.74, 6) is 0.713. The molecule has 6 rings (SSSR count). The summed E-state index contributed by atoms with van der Waals surface area (Å²) < 4.78 is 0. The minimum atomic E-state index is -0.187. The average Bonchev–Trinajstić information content (AvgIpc) is 3.17. The van der Waals surface area contributed by atoms with Gasteiger partial charge in [0.05, 0.1) is 34.2 Å². The van der Waals surface area contributed by atoms with Gasteiger partial charge in [-0.05, 0) is 48.3 Å². The molecule has 0 saturated carbocycles. The van der Waals surface area contributed by atoms with Crippen molar-refractivity contribution in [2.75, 3.05) is 11.1 Å². The summed E-state index contributed by atoms with van der Waals surface area (Å²) in [6.45, 7) is 21.2. The monoisotopic (exact) mass is 696 g/mol. The molecule has 0 saturated heterocycles. The highest BCUT2D eigenvalue weighted by atomic mass is 16.1. The van der Waals surface area contributed by atoms with Crippen molar-refractivity contribution in [2.45, 2.75) is 33.6 Å². The number of carbonyl (C=O) groups excluding carboxylic acids is 1. The van der Waals surface area contributed by atoms with E-state index in [1.54, 1.807) is 12.2 Å². The molecule has 7 nitrogen and oxygen atoms in total. The van der Waals surface area contributed by atoms with Gasteiger partial charge < -0.3 is 11.1 Å². The third-order valence-electron chi connectivity index (χ3n) is 8.50. The molecule has 7 heteroatoms. The van der Waals surface area contributed by atoms with Gasteiger partial charge in [-0.25, -0.2) is 19.9 Å². The van der Waals surface area contributed by atoms with Gasteiger partial charge >= 0.3 is 0 Å². The first-order valence-corrected chi connectivity index (χ1v) is 17.3. The summed E-state index contributed by atoms with van der Waals surface area (Å²) in [5.41, 5.74) is 18.9. The van der Waals surface area contributed by atoms with Crippen molar-refractivity contribution in [3.8, 4) is 22.5 Å². The summed E-state index contributed by atoms with van der Waals surface area (Å²) in [5, 5.41) is 2.80. The van der Waals surface area contributed by atoms with Crippen LogP contribution in [0.5, 0.6) is 0 Å². The van der Waals surface area contributed by atoms with Crippen molar-refractivity contribution in [2.24, 2.45) is 0 Å². The Bertz CT molecular complexity index is 2290. The molecular formula is C46H44N6O. The lowest BCUT2D eigenvalue weighted by Crippen LogP contribution is -2.13. The highest BCUT2D eigenvalue weighted by molar-refractivity contribution is 5.89. The molecule has 0 aliphatic rings.